The van der Waals surface area contributed by atoms with Crippen LogP contribution in [-0.2, 0) is 9.53 Å². The lowest BCUT2D eigenvalue weighted by molar-refractivity contribution is -0.125. The summed E-state index contributed by atoms with van der Waals surface area (Å²) in [6.45, 7) is -0.404. The molecule has 1 amide bonds. The number of carbonyl (C=O) groups excluding carboxylic acids is 2. The van der Waals surface area contributed by atoms with Gasteiger partial charge in [-0.1, -0.05) is 25.3 Å². The highest BCUT2D eigenvalue weighted by molar-refractivity contribution is 5.89. The van der Waals surface area contributed by atoms with Crippen molar-refractivity contribution in [1.29, 1.82) is 5.26 Å². The second-order valence-electron chi connectivity index (χ2n) is 5.09. The average molecular weight is 287 g/mol. The van der Waals surface area contributed by atoms with Gasteiger partial charge in [0.25, 0.3) is 5.91 Å². The molecule has 1 aromatic heterocycles. The first kappa shape index (κ1) is 15.0. The number of carbonyl (C=O) groups is 2. The van der Waals surface area contributed by atoms with Gasteiger partial charge in [-0.25, -0.2) is 9.78 Å². The lowest BCUT2D eigenvalue weighted by atomic mass is 9.83. The van der Waals surface area contributed by atoms with Crippen LogP contribution in [-0.4, -0.2) is 29.0 Å². The summed E-state index contributed by atoms with van der Waals surface area (Å²) in [5, 5.41) is 12.0. The van der Waals surface area contributed by atoms with Crippen LogP contribution in [0.15, 0.2) is 24.4 Å². The third-order valence-electron chi connectivity index (χ3n) is 3.51. The highest BCUT2D eigenvalue weighted by Gasteiger charge is 2.33. The number of nitrogens with one attached hydrogen (secondary N) is 1. The van der Waals surface area contributed by atoms with E-state index in [1.807, 2.05) is 0 Å². The molecule has 0 bridgehead atoms. The Morgan fingerprint density at radius 1 is 1.33 bits per heavy atom. The second-order valence-corrected chi connectivity index (χ2v) is 5.09. The first-order valence-electron chi connectivity index (χ1n) is 6.96. The molecule has 6 heteroatoms. The number of hydrogen-bond acceptors (Lipinski definition) is 5. The standard InChI is InChI=1S/C15H17N3O3/c16-11-15(7-3-1-4-8-15)18-13(19)10-21-14(20)12-6-2-5-9-17-12/h2,5-6,9H,1,3-4,7-8,10H2,(H,18,19). The van der Waals surface area contributed by atoms with Crippen LogP contribution in [0.5, 0.6) is 0 Å². The molecule has 0 unspecified atom stereocenters. The topological polar surface area (TPSA) is 92.1 Å². The van der Waals surface area contributed by atoms with E-state index in [0.717, 1.165) is 19.3 Å². The van der Waals surface area contributed by atoms with Gasteiger partial charge >= 0.3 is 5.97 Å². The normalized spacial score (nSPS) is 16.5. The van der Waals surface area contributed by atoms with E-state index in [0.29, 0.717) is 12.8 Å². The molecule has 1 saturated carbocycles. The predicted molar refractivity (Wildman–Crippen MR) is 74.1 cm³/mol. The van der Waals surface area contributed by atoms with Crippen LogP contribution < -0.4 is 5.32 Å². The molecule has 21 heavy (non-hydrogen) atoms. The van der Waals surface area contributed by atoms with Gasteiger partial charge in [0.1, 0.15) is 11.2 Å². The molecular formula is C15H17N3O3. The van der Waals surface area contributed by atoms with Crippen molar-refractivity contribution in [1.82, 2.24) is 10.3 Å². The van der Waals surface area contributed by atoms with E-state index in [-0.39, 0.29) is 5.69 Å². The van der Waals surface area contributed by atoms with Crippen LogP contribution in [0.4, 0.5) is 0 Å². The van der Waals surface area contributed by atoms with E-state index in [1.165, 1.54) is 12.3 Å². The molecule has 0 atom stereocenters. The molecule has 1 aliphatic rings. The fourth-order valence-corrected chi connectivity index (χ4v) is 2.41. The summed E-state index contributed by atoms with van der Waals surface area (Å²) >= 11 is 0. The third kappa shape index (κ3) is 4.02. The second kappa shape index (κ2) is 6.84. The van der Waals surface area contributed by atoms with Crippen molar-refractivity contribution in [2.24, 2.45) is 0 Å². The Morgan fingerprint density at radius 3 is 2.71 bits per heavy atom. The minimum absolute atomic E-state index is 0.151. The van der Waals surface area contributed by atoms with Gasteiger partial charge in [-0.05, 0) is 25.0 Å². The van der Waals surface area contributed by atoms with Gasteiger partial charge in [-0.3, -0.25) is 4.79 Å². The molecule has 1 aromatic rings. The van der Waals surface area contributed by atoms with E-state index in [2.05, 4.69) is 16.4 Å². The van der Waals surface area contributed by atoms with Gasteiger partial charge in [-0.2, -0.15) is 5.26 Å². The smallest absolute Gasteiger partial charge is 0.357 e. The van der Waals surface area contributed by atoms with Crippen molar-refractivity contribution >= 4 is 11.9 Å². The molecule has 2 rings (SSSR count). The zero-order valence-electron chi connectivity index (χ0n) is 11.7. The van der Waals surface area contributed by atoms with E-state index in [1.54, 1.807) is 12.1 Å². The number of nitriles is 1. The molecular weight excluding hydrogens is 270 g/mol. The van der Waals surface area contributed by atoms with Crippen molar-refractivity contribution in [2.45, 2.75) is 37.6 Å². The molecule has 1 aliphatic carbocycles. The molecule has 0 saturated heterocycles. The Labute approximate surface area is 123 Å². The molecule has 1 fully saturated rings. The summed E-state index contributed by atoms with van der Waals surface area (Å²) in [5.41, 5.74) is -0.662. The molecule has 0 aromatic carbocycles. The minimum Gasteiger partial charge on any atom is -0.451 e. The fourth-order valence-electron chi connectivity index (χ4n) is 2.41. The van der Waals surface area contributed by atoms with E-state index in [9.17, 15) is 14.9 Å². The Kier molecular flexibility index (Phi) is 4.88. The summed E-state index contributed by atoms with van der Waals surface area (Å²) in [4.78, 5) is 27.4. The zero-order chi connectivity index (χ0) is 15.1. The van der Waals surface area contributed by atoms with Crippen LogP contribution >= 0.6 is 0 Å². The van der Waals surface area contributed by atoms with Crippen LogP contribution in [0.3, 0.4) is 0 Å². The fraction of sp³-hybridized carbons (Fsp3) is 0.467. The molecule has 6 nitrogen and oxygen atoms in total. The van der Waals surface area contributed by atoms with Crippen molar-refractivity contribution < 1.29 is 14.3 Å². The van der Waals surface area contributed by atoms with E-state index < -0.39 is 24.0 Å². The molecule has 110 valence electrons. The van der Waals surface area contributed by atoms with Gasteiger partial charge in [0.2, 0.25) is 0 Å². The molecule has 1 heterocycles. The number of aromatic nitrogens is 1. The van der Waals surface area contributed by atoms with Crippen molar-refractivity contribution in [3.63, 3.8) is 0 Å². The minimum atomic E-state index is -0.813. The summed E-state index contributed by atoms with van der Waals surface area (Å²) in [5.74, 6) is -1.11. The average Bonchev–Trinajstić information content (AvgIpc) is 2.54. The molecule has 0 spiro atoms. The quantitative estimate of drug-likeness (QED) is 0.849. The largest absolute Gasteiger partial charge is 0.451 e. The number of amides is 1. The lowest BCUT2D eigenvalue weighted by Gasteiger charge is -2.31. The maximum Gasteiger partial charge on any atom is 0.357 e. The number of pyridine rings is 1. The predicted octanol–water partition coefficient (Wildman–Crippen LogP) is 1.58. The van der Waals surface area contributed by atoms with Gasteiger partial charge < -0.3 is 10.1 Å². The monoisotopic (exact) mass is 287 g/mol. The summed E-state index contributed by atoms with van der Waals surface area (Å²) in [7, 11) is 0. The van der Waals surface area contributed by atoms with Crippen LogP contribution in [0.2, 0.25) is 0 Å². The van der Waals surface area contributed by atoms with Gasteiger partial charge in [0.05, 0.1) is 6.07 Å². The van der Waals surface area contributed by atoms with Crippen molar-refractivity contribution in [3.8, 4) is 6.07 Å². The highest BCUT2D eigenvalue weighted by atomic mass is 16.5. The van der Waals surface area contributed by atoms with Gasteiger partial charge in [0.15, 0.2) is 6.61 Å². The zero-order valence-corrected chi connectivity index (χ0v) is 11.7. The van der Waals surface area contributed by atoms with Gasteiger partial charge in [-0.15, -0.1) is 0 Å². The first-order chi connectivity index (χ1) is 10.2. The number of rotatable bonds is 4. The summed E-state index contributed by atoms with van der Waals surface area (Å²) in [6.07, 6.45) is 5.67. The SMILES string of the molecule is N#CC1(NC(=O)COC(=O)c2ccccn2)CCCCC1. The first-order valence-corrected chi connectivity index (χ1v) is 6.96. The van der Waals surface area contributed by atoms with E-state index in [4.69, 9.17) is 4.74 Å². The van der Waals surface area contributed by atoms with E-state index >= 15 is 0 Å². The third-order valence-corrected chi connectivity index (χ3v) is 3.51. The molecule has 0 radical (unpaired) electrons. The summed E-state index contributed by atoms with van der Waals surface area (Å²) < 4.78 is 4.90. The highest BCUT2D eigenvalue weighted by Crippen LogP contribution is 2.27. The number of esters is 1. The Bertz CT molecular complexity index is 545. The van der Waals surface area contributed by atoms with Crippen molar-refractivity contribution in [2.75, 3.05) is 6.61 Å². The van der Waals surface area contributed by atoms with Crippen LogP contribution in [0.1, 0.15) is 42.6 Å². The van der Waals surface area contributed by atoms with Gasteiger partial charge in [0, 0.05) is 6.20 Å². The van der Waals surface area contributed by atoms with Crippen LogP contribution in [0.25, 0.3) is 0 Å². The van der Waals surface area contributed by atoms with Crippen molar-refractivity contribution in [3.05, 3.63) is 30.1 Å². The number of nitrogens with zero attached hydrogens (tertiary/aromatic N) is 2. The lowest BCUT2D eigenvalue weighted by Crippen LogP contribution is -2.50. The van der Waals surface area contributed by atoms with Crippen LogP contribution in [0, 0.1) is 11.3 Å². The maximum atomic E-state index is 11.9. The number of ether oxygens (including phenoxy) is 1. The Morgan fingerprint density at radius 2 is 2.10 bits per heavy atom. The number of hydrogen-bond donors (Lipinski definition) is 1. The summed E-state index contributed by atoms with van der Waals surface area (Å²) in [6, 6.07) is 7.04. The Balaban J connectivity index is 1.85. The Hall–Kier alpha value is -2.42. The molecule has 1 N–H and O–H groups in total. The molecule has 0 aliphatic heterocycles. The maximum absolute atomic E-state index is 11.9.